The Morgan fingerprint density at radius 1 is 1.38 bits per heavy atom. The van der Waals surface area contributed by atoms with Gasteiger partial charge in [0.2, 0.25) is 0 Å². The van der Waals surface area contributed by atoms with E-state index in [1.54, 1.807) is 4.90 Å². The molecule has 2 aromatic rings. The monoisotopic (exact) mass is 338 g/mol. The van der Waals surface area contributed by atoms with Gasteiger partial charge in [0.15, 0.2) is 5.76 Å². The summed E-state index contributed by atoms with van der Waals surface area (Å²) in [5, 5.41) is 3.93. The van der Waals surface area contributed by atoms with Crippen LogP contribution in [0.1, 0.15) is 53.2 Å². The van der Waals surface area contributed by atoms with Gasteiger partial charge in [-0.05, 0) is 37.5 Å². The Kier molecular flexibility index (Phi) is 4.34. The Labute approximate surface area is 137 Å². The Hall–Kier alpha value is -2.31. The Morgan fingerprint density at radius 2 is 2.17 bits per heavy atom. The number of nitrogens with zero attached hydrogens (tertiary/aromatic N) is 2. The van der Waals surface area contributed by atoms with Crippen molar-refractivity contribution in [1.82, 2.24) is 10.1 Å². The number of aryl methyl sites for hydroxylation is 1. The second kappa shape index (κ2) is 6.30. The molecule has 2 heterocycles. The lowest BCUT2D eigenvalue weighted by Gasteiger charge is -2.23. The molecule has 128 valence electrons. The highest BCUT2D eigenvalue weighted by molar-refractivity contribution is 5.94. The topological polar surface area (TPSA) is 46.3 Å². The predicted octanol–water partition coefficient (Wildman–Crippen LogP) is 4.23. The largest absolute Gasteiger partial charge is 0.416 e. The van der Waals surface area contributed by atoms with Crippen LogP contribution in [0.3, 0.4) is 0 Å². The number of alkyl halides is 3. The van der Waals surface area contributed by atoms with Gasteiger partial charge in [-0.2, -0.15) is 13.2 Å². The molecule has 1 unspecified atom stereocenters. The van der Waals surface area contributed by atoms with E-state index in [1.807, 2.05) is 13.0 Å². The highest BCUT2D eigenvalue weighted by atomic mass is 19.4. The molecule has 1 aromatic heterocycles. The molecule has 3 rings (SSSR count). The molecule has 4 nitrogen and oxygen atoms in total. The summed E-state index contributed by atoms with van der Waals surface area (Å²) in [7, 11) is 0. The first-order valence-electron chi connectivity index (χ1n) is 7.84. The van der Waals surface area contributed by atoms with Gasteiger partial charge >= 0.3 is 6.18 Å². The Bertz CT molecular complexity index is 739. The molecule has 0 radical (unpaired) electrons. The molecule has 0 spiro atoms. The van der Waals surface area contributed by atoms with E-state index in [9.17, 15) is 18.0 Å². The van der Waals surface area contributed by atoms with Crippen molar-refractivity contribution in [2.24, 2.45) is 0 Å². The molecule has 0 saturated carbocycles. The number of carbonyl (C=O) groups is 1. The number of carbonyl (C=O) groups excluding carboxylic acids is 1. The van der Waals surface area contributed by atoms with Crippen molar-refractivity contribution >= 4 is 5.91 Å². The zero-order valence-electron chi connectivity index (χ0n) is 13.1. The highest BCUT2D eigenvalue weighted by Gasteiger charge is 2.35. The van der Waals surface area contributed by atoms with Gasteiger partial charge < -0.3 is 9.42 Å². The SMILES string of the molecule is CCc1cc(C2CCCN2C(=O)c2cccc(C(F)(F)F)c2)on1. The van der Waals surface area contributed by atoms with E-state index in [4.69, 9.17) is 4.52 Å². The third-order valence-electron chi connectivity index (χ3n) is 4.22. The third-order valence-corrected chi connectivity index (χ3v) is 4.22. The maximum atomic E-state index is 12.8. The fourth-order valence-electron chi connectivity index (χ4n) is 2.95. The van der Waals surface area contributed by atoms with Gasteiger partial charge in [-0.3, -0.25) is 4.79 Å². The van der Waals surface area contributed by atoms with Crippen molar-refractivity contribution in [3.63, 3.8) is 0 Å². The fourth-order valence-corrected chi connectivity index (χ4v) is 2.95. The van der Waals surface area contributed by atoms with Crippen molar-refractivity contribution in [3.05, 3.63) is 52.9 Å². The van der Waals surface area contributed by atoms with Gasteiger partial charge in [0.05, 0.1) is 17.3 Å². The summed E-state index contributed by atoms with van der Waals surface area (Å²) in [5.74, 6) is 0.169. The zero-order chi connectivity index (χ0) is 17.3. The van der Waals surface area contributed by atoms with E-state index in [2.05, 4.69) is 5.16 Å². The first-order valence-corrected chi connectivity index (χ1v) is 7.84. The average molecular weight is 338 g/mol. The summed E-state index contributed by atoms with van der Waals surface area (Å²) < 4.78 is 43.8. The van der Waals surface area contributed by atoms with Gasteiger partial charge in [-0.25, -0.2) is 0 Å². The fraction of sp³-hybridized carbons (Fsp3) is 0.412. The Balaban J connectivity index is 1.86. The predicted molar refractivity (Wildman–Crippen MR) is 80.3 cm³/mol. The van der Waals surface area contributed by atoms with Crippen LogP contribution in [0.25, 0.3) is 0 Å². The van der Waals surface area contributed by atoms with Crippen LogP contribution in [0, 0.1) is 0 Å². The highest BCUT2D eigenvalue weighted by Crippen LogP contribution is 2.35. The van der Waals surface area contributed by atoms with Gasteiger partial charge in [-0.15, -0.1) is 0 Å². The average Bonchev–Trinajstić information content (AvgIpc) is 3.22. The molecule has 7 heteroatoms. The quantitative estimate of drug-likeness (QED) is 0.841. The van der Waals surface area contributed by atoms with E-state index in [1.165, 1.54) is 12.1 Å². The number of hydrogen-bond acceptors (Lipinski definition) is 3. The molecule has 1 aliphatic rings. The van der Waals surface area contributed by atoms with E-state index in [-0.39, 0.29) is 11.6 Å². The van der Waals surface area contributed by atoms with E-state index < -0.39 is 17.6 Å². The van der Waals surface area contributed by atoms with Crippen LogP contribution in [-0.2, 0) is 12.6 Å². The van der Waals surface area contributed by atoms with Gasteiger partial charge in [-0.1, -0.05) is 18.1 Å². The molecule has 1 aromatic carbocycles. The minimum atomic E-state index is -4.47. The van der Waals surface area contributed by atoms with Gasteiger partial charge in [0.25, 0.3) is 5.91 Å². The number of likely N-dealkylation sites (tertiary alicyclic amines) is 1. The molecule has 1 aliphatic heterocycles. The zero-order valence-corrected chi connectivity index (χ0v) is 13.1. The van der Waals surface area contributed by atoms with Crippen LogP contribution in [-0.4, -0.2) is 22.5 Å². The van der Waals surface area contributed by atoms with E-state index in [0.29, 0.717) is 18.7 Å². The molecule has 0 bridgehead atoms. The lowest BCUT2D eigenvalue weighted by Crippen LogP contribution is -2.30. The summed E-state index contributed by atoms with van der Waals surface area (Å²) in [6.07, 6.45) is -2.26. The molecule has 1 saturated heterocycles. The second-order valence-corrected chi connectivity index (χ2v) is 5.81. The molecular weight excluding hydrogens is 321 g/mol. The Morgan fingerprint density at radius 3 is 2.83 bits per heavy atom. The van der Waals surface area contributed by atoms with Crippen LogP contribution < -0.4 is 0 Å². The molecule has 1 fully saturated rings. The minimum Gasteiger partial charge on any atom is -0.359 e. The normalized spacial score (nSPS) is 18.2. The first kappa shape index (κ1) is 16.5. The smallest absolute Gasteiger partial charge is 0.359 e. The van der Waals surface area contributed by atoms with Crippen molar-refractivity contribution in [3.8, 4) is 0 Å². The summed E-state index contributed by atoms with van der Waals surface area (Å²) in [6, 6.07) is 6.05. The molecule has 1 atom stereocenters. The summed E-state index contributed by atoms with van der Waals surface area (Å²) in [4.78, 5) is 14.2. The number of benzene rings is 1. The minimum absolute atomic E-state index is 0.0342. The maximum absolute atomic E-state index is 12.8. The lowest BCUT2D eigenvalue weighted by molar-refractivity contribution is -0.137. The van der Waals surface area contributed by atoms with Gasteiger partial charge in [0, 0.05) is 18.2 Å². The molecule has 24 heavy (non-hydrogen) atoms. The first-order chi connectivity index (χ1) is 11.4. The van der Waals surface area contributed by atoms with Crippen LogP contribution in [0.5, 0.6) is 0 Å². The van der Waals surface area contributed by atoms with Crippen molar-refractivity contribution in [2.75, 3.05) is 6.54 Å². The van der Waals surface area contributed by atoms with Crippen LogP contribution in [0.15, 0.2) is 34.9 Å². The number of rotatable bonds is 3. The van der Waals surface area contributed by atoms with Crippen molar-refractivity contribution in [1.29, 1.82) is 0 Å². The van der Waals surface area contributed by atoms with E-state index >= 15 is 0 Å². The summed E-state index contributed by atoms with van der Waals surface area (Å²) in [6.45, 7) is 2.43. The van der Waals surface area contributed by atoms with Crippen LogP contribution in [0.4, 0.5) is 13.2 Å². The number of hydrogen-bond donors (Lipinski definition) is 0. The number of amides is 1. The van der Waals surface area contributed by atoms with Crippen molar-refractivity contribution < 1.29 is 22.5 Å². The van der Waals surface area contributed by atoms with Crippen LogP contribution in [0.2, 0.25) is 0 Å². The standard InChI is InChI=1S/C17H17F3N2O2/c1-2-13-10-15(24-21-13)14-7-4-8-22(14)16(23)11-5-3-6-12(9-11)17(18,19)20/h3,5-6,9-10,14H,2,4,7-8H2,1H3. The molecule has 0 aliphatic carbocycles. The second-order valence-electron chi connectivity index (χ2n) is 5.81. The van der Waals surface area contributed by atoms with Crippen molar-refractivity contribution in [2.45, 2.75) is 38.4 Å². The molecule has 0 N–H and O–H groups in total. The van der Waals surface area contributed by atoms with E-state index in [0.717, 1.165) is 30.7 Å². The molecule has 1 amide bonds. The third kappa shape index (κ3) is 3.16. The maximum Gasteiger partial charge on any atom is 0.416 e. The molecular formula is C17H17F3N2O2. The van der Waals surface area contributed by atoms with Gasteiger partial charge in [0.1, 0.15) is 0 Å². The number of halogens is 3. The summed E-state index contributed by atoms with van der Waals surface area (Å²) >= 11 is 0. The van der Waals surface area contributed by atoms with Crippen LogP contribution >= 0.6 is 0 Å². The lowest BCUT2D eigenvalue weighted by atomic mass is 10.1. The summed E-state index contributed by atoms with van der Waals surface area (Å²) in [5.41, 5.74) is 0.00681. The number of aromatic nitrogens is 1.